The molecule has 0 unspecified atom stereocenters. The monoisotopic (exact) mass is 391 g/mol. The summed E-state index contributed by atoms with van der Waals surface area (Å²) in [5.74, 6) is 0.346. The third-order valence-electron chi connectivity index (χ3n) is 3.23. The summed E-state index contributed by atoms with van der Waals surface area (Å²) in [4.78, 5) is 20.2. The van der Waals surface area contributed by atoms with Crippen molar-refractivity contribution < 1.29 is 9.18 Å². The highest BCUT2D eigenvalue weighted by atomic mass is 35.5. The van der Waals surface area contributed by atoms with E-state index in [1.807, 2.05) is 0 Å². The average Bonchev–Trinajstić information content (AvgIpc) is 2.61. The Morgan fingerprint density at radius 1 is 0.923 bits per heavy atom. The highest BCUT2D eigenvalue weighted by Crippen LogP contribution is 2.29. The van der Waals surface area contributed by atoms with Gasteiger partial charge in [0, 0.05) is 11.8 Å². The maximum Gasteiger partial charge on any atom is 0.324 e. The topological polar surface area (TPSA) is 78.9 Å². The minimum Gasteiger partial charge on any atom is -0.340 e. The molecule has 3 rings (SSSR count). The van der Waals surface area contributed by atoms with Crippen LogP contribution in [0, 0.1) is 5.82 Å². The Morgan fingerprint density at radius 2 is 1.58 bits per heavy atom. The van der Waals surface area contributed by atoms with E-state index in [0.717, 1.165) is 0 Å². The Kier molecular flexibility index (Phi) is 5.50. The van der Waals surface area contributed by atoms with Gasteiger partial charge in [-0.2, -0.15) is 0 Å². The summed E-state index contributed by atoms with van der Waals surface area (Å²) in [5.41, 5.74) is 0.940. The molecule has 3 aromatic rings. The van der Waals surface area contributed by atoms with Gasteiger partial charge in [-0.25, -0.2) is 19.2 Å². The van der Waals surface area contributed by atoms with Crippen LogP contribution in [-0.2, 0) is 0 Å². The van der Waals surface area contributed by atoms with E-state index < -0.39 is 6.03 Å². The van der Waals surface area contributed by atoms with E-state index >= 15 is 0 Å². The van der Waals surface area contributed by atoms with Crippen LogP contribution >= 0.6 is 23.2 Å². The molecule has 0 spiro atoms. The van der Waals surface area contributed by atoms with E-state index in [-0.39, 0.29) is 11.6 Å². The lowest BCUT2D eigenvalue weighted by Crippen LogP contribution is -2.20. The largest absolute Gasteiger partial charge is 0.340 e. The fourth-order valence-electron chi connectivity index (χ4n) is 2.05. The number of hydrogen-bond donors (Lipinski definition) is 3. The van der Waals surface area contributed by atoms with Gasteiger partial charge in [-0.3, -0.25) is 5.32 Å². The van der Waals surface area contributed by atoms with E-state index in [9.17, 15) is 9.18 Å². The molecule has 0 fully saturated rings. The number of aromatic nitrogens is 2. The zero-order valence-corrected chi connectivity index (χ0v) is 14.6. The van der Waals surface area contributed by atoms with Gasteiger partial charge < -0.3 is 10.6 Å². The van der Waals surface area contributed by atoms with Crippen LogP contribution in [0.2, 0.25) is 10.0 Å². The molecular weight excluding hydrogens is 380 g/mol. The number of carbonyl (C=O) groups excluding carboxylic acids is 1. The number of urea groups is 1. The molecule has 9 heteroatoms. The first-order chi connectivity index (χ1) is 12.5. The SMILES string of the molecule is O=C(Nc1cc(Nc2ccc(F)cc2)ncn1)Nc1c(Cl)cccc1Cl. The smallest absolute Gasteiger partial charge is 0.324 e. The van der Waals surface area contributed by atoms with Crippen molar-refractivity contribution in [2.45, 2.75) is 0 Å². The molecule has 0 saturated heterocycles. The summed E-state index contributed by atoms with van der Waals surface area (Å²) in [5, 5.41) is 8.74. The van der Waals surface area contributed by atoms with E-state index in [2.05, 4.69) is 25.9 Å². The highest BCUT2D eigenvalue weighted by molar-refractivity contribution is 6.39. The molecule has 0 bridgehead atoms. The molecule has 0 atom stereocenters. The molecular formula is C17H12Cl2FN5O. The van der Waals surface area contributed by atoms with Crippen molar-refractivity contribution in [3.63, 3.8) is 0 Å². The van der Waals surface area contributed by atoms with Gasteiger partial charge in [0.05, 0.1) is 15.7 Å². The van der Waals surface area contributed by atoms with Gasteiger partial charge in [0.15, 0.2) is 0 Å². The van der Waals surface area contributed by atoms with Gasteiger partial charge >= 0.3 is 6.03 Å². The third-order valence-corrected chi connectivity index (χ3v) is 3.86. The molecule has 6 nitrogen and oxygen atoms in total. The zero-order valence-electron chi connectivity index (χ0n) is 13.1. The number of rotatable bonds is 4. The lowest BCUT2D eigenvalue weighted by atomic mass is 10.3. The van der Waals surface area contributed by atoms with E-state index in [4.69, 9.17) is 23.2 Å². The first kappa shape index (κ1) is 17.9. The summed E-state index contributed by atoms with van der Waals surface area (Å²) >= 11 is 12.0. The summed E-state index contributed by atoms with van der Waals surface area (Å²) < 4.78 is 12.9. The standard InChI is InChI=1S/C17H12Cl2FN5O/c18-12-2-1-3-13(19)16(12)25-17(26)24-15-8-14(21-9-22-15)23-11-6-4-10(20)5-7-11/h1-9H,(H3,21,22,23,24,25,26). The summed E-state index contributed by atoms with van der Waals surface area (Å²) in [6.07, 6.45) is 1.28. The molecule has 3 N–H and O–H groups in total. The maximum absolute atomic E-state index is 12.9. The van der Waals surface area contributed by atoms with Crippen LogP contribution in [0.5, 0.6) is 0 Å². The molecule has 26 heavy (non-hydrogen) atoms. The van der Waals surface area contributed by atoms with Crippen molar-refractivity contribution >= 4 is 52.2 Å². The lowest BCUT2D eigenvalue weighted by Gasteiger charge is -2.11. The zero-order chi connectivity index (χ0) is 18.5. The third kappa shape index (κ3) is 4.59. The van der Waals surface area contributed by atoms with Crippen LogP contribution in [0.3, 0.4) is 0 Å². The highest BCUT2D eigenvalue weighted by Gasteiger charge is 2.10. The normalized spacial score (nSPS) is 10.3. The number of halogens is 3. The number of amides is 2. The number of carbonyl (C=O) groups is 1. The molecule has 0 aliphatic heterocycles. The van der Waals surface area contributed by atoms with Gasteiger partial charge in [0.25, 0.3) is 0 Å². The van der Waals surface area contributed by atoms with E-state index in [0.29, 0.717) is 27.2 Å². The second kappa shape index (κ2) is 7.99. The quantitative estimate of drug-likeness (QED) is 0.562. The number of hydrogen-bond acceptors (Lipinski definition) is 4. The number of nitrogens with one attached hydrogen (secondary N) is 3. The van der Waals surface area contributed by atoms with Crippen LogP contribution in [-0.4, -0.2) is 16.0 Å². The summed E-state index contributed by atoms with van der Waals surface area (Å²) in [6, 6.07) is 11.6. The second-order valence-electron chi connectivity index (χ2n) is 5.10. The predicted octanol–water partition coefficient (Wildman–Crippen LogP) is 5.31. The first-order valence-corrected chi connectivity index (χ1v) is 8.13. The number of para-hydroxylation sites is 1. The summed E-state index contributed by atoms with van der Waals surface area (Å²) in [6.45, 7) is 0. The molecule has 0 aliphatic rings. The Bertz CT molecular complexity index is 916. The molecule has 0 radical (unpaired) electrons. The molecule has 2 amide bonds. The summed E-state index contributed by atoms with van der Waals surface area (Å²) in [7, 11) is 0. The van der Waals surface area contributed by atoms with Crippen molar-refractivity contribution in [2.24, 2.45) is 0 Å². The number of benzene rings is 2. The van der Waals surface area contributed by atoms with E-state index in [1.165, 1.54) is 24.5 Å². The average molecular weight is 392 g/mol. The fraction of sp³-hybridized carbons (Fsp3) is 0. The molecule has 1 aromatic heterocycles. The molecule has 1 heterocycles. The van der Waals surface area contributed by atoms with Crippen molar-refractivity contribution in [1.82, 2.24) is 9.97 Å². The fourth-order valence-corrected chi connectivity index (χ4v) is 2.55. The Hall–Kier alpha value is -2.90. The number of anilines is 4. The Labute approximate surface area is 158 Å². The maximum atomic E-state index is 12.9. The first-order valence-electron chi connectivity index (χ1n) is 7.38. The minimum absolute atomic E-state index is 0.255. The molecule has 0 aliphatic carbocycles. The van der Waals surface area contributed by atoms with Gasteiger partial charge in [0.2, 0.25) is 0 Å². The minimum atomic E-state index is -0.563. The van der Waals surface area contributed by atoms with Crippen LogP contribution < -0.4 is 16.0 Å². The predicted molar refractivity (Wildman–Crippen MR) is 101 cm³/mol. The van der Waals surface area contributed by atoms with Crippen LogP contribution in [0.25, 0.3) is 0 Å². The van der Waals surface area contributed by atoms with E-state index in [1.54, 1.807) is 30.3 Å². The van der Waals surface area contributed by atoms with Gasteiger partial charge in [-0.15, -0.1) is 0 Å². The van der Waals surface area contributed by atoms with Crippen molar-refractivity contribution in [3.05, 3.63) is 70.7 Å². The second-order valence-corrected chi connectivity index (χ2v) is 5.91. The van der Waals surface area contributed by atoms with Crippen LogP contribution in [0.15, 0.2) is 54.9 Å². The van der Waals surface area contributed by atoms with Gasteiger partial charge in [0.1, 0.15) is 23.8 Å². The van der Waals surface area contributed by atoms with Crippen LogP contribution in [0.4, 0.5) is 32.2 Å². The molecule has 0 saturated carbocycles. The van der Waals surface area contributed by atoms with Gasteiger partial charge in [-0.05, 0) is 36.4 Å². The van der Waals surface area contributed by atoms with Crippen LogP contribution in [0.1, 0.15) is 0 Å². The van der Waals surface area contributed by atoms with Crippen molar-refractivity contribution in [2.75, 3.05) is 16.0 Å². The Morgan fingerprint density at radius 3 is 2.27 bits per heavy atom. The lowest BCUT2D eigenvalue weighted by molar-refractivity contribution is 0.262. The van der Waals surface area contributed by atoms with Crippen molar-refractivity contribution in [3.8, 4) is 0 Å². The molecule has 132 valence electrons. The van der Waals surface area contributed by atoms with Gasteiger partial charge in [-0.1, -0.05) is 29.3 Å². The Balaban J connectivity index is 1.68. The van der Waals surface area contributed by atoms with Crippen molar-refractivity contribution in [1.29, 1.82) is 0 Å². The molecule has 2 aromatic carbocycles. The number of nitrogens with zero attached hydrogens (tertiary/aromatic N) is 2.